The lowest BCUT2D eigenvalue weighted by atomic mass is 10.0. The van der Waals surface area contributed by atoms with Gasteiger partial charge in [-0.25, -0.2) is 4.39 Å². The van der Waals surface area contributed by atoms with Gasteiger partial charge in [0, 0.05) is 6.07 Å². The maximum Gasteiger partial charge on any atom is 0.146 e. The number of hydrogen-bond donors (Lipinski definition) is 1. The number of phenolic OH excluding ortho intramolecular Hbond substituents is 1. The highest BCUT2D eigenvalue weighted by Gasteiger charge is 2.14. The summed E-state index contributed by atoms with van der Waals surface area (Å²) in [4.78, 5) is 1.40. The molecule has 1 N–H and O–H groups in total. The van der Waals surface area contributed by atoms with E-state index in [1.54, 1.807) is 6.07 Å². The average Bonchev–Trinajstić information content (AvgIpc) is 2.93. The molecule has 0 fully saturated rings. The fraction of sp³-hybridized carbons (Fsp3) is 0.333. The van der Waals surface area contributed by atoms with Crippen molar-refractivity contribution >= 4 is 11.0 Å². The Hall–Kier alpha value is -2.43. The molecule has 0 saturated carbocycles. The minimum absolute atomic E-state index is 0.201. The predicted molar refractivity (Wildman–Crippen MR) is 88.5 cm³/mol. The molecule has 0 radical (unpaired) electrons. The molecule has 2 aromatic carbocycles. The zero-order valence-corrected chi connectivity index (χ0v) is 13.4. The molecule has 1 aromatic heterocycles. The van der Waals surface area contributed by atoms with E-state index >= 15 is 0 Å². The SMILES string of the molecule is CCCc1cc(CCC)c(O)c(-n2nc3ccc(F)cc3n2)c1. The van der Waals surface area contributed by atoms with E-state index in [4.69, 9.17) is 0 Å². The third kappa shape index (κ3) is 3.04. The topological polar surface area (TPSA) is 50.9 Å². The highest BCUT2D eigenvalue weighted by atomic mass is 19.1. The number of aryl methyl sites for hydroxylation is 2. The summed E-state index contributed by atoms with van der Waals surface area (Å²) in [6.45, 7) is 4.20. The van der Waals surface area contributed by atoms with Gasteiger partial charge >= 0.3 is 0 Å². The third-order valence-electron chi connectivity index (χ3n) is 3.84. The number of halogens is 1. The number of fused-ring (bicyclic) bond motifs is 1. The first-order valence-electron chi connectivity index (χ1n) is 8.00. The molecule has 23 heavy (non-hydrogen) atoms. The van der Waals surface area contributed by atoms with Gasteiger partial charge in [-0.1, -0.05) is 32.8 Å². The number of rotatable bonds is 5. The summed E-state index contributed by atoms with van der Waals surface area (Å²) in [6, 6.07) is 8.26. The van der Waals surface area contributed by atoms with Crippen LogP contribution in [0.2, 0.25) is 0 Å². The molecule has 120 valence electrons. The average molecular weight is 313 g/mol. The van der Waals surface area contributed by atoms with Gasteiger partial charge in [0.05, 0.1) is 0 Å². The maximum atomic E-state index is 13.3. The van der Waals surface area contributed by atoms with E-state index in [0.717, 1.165) is 36.8 Å². The molecule has 3 rings (SSSR count). The van der Waals surface area contributed by atoms with Crippen molar-refractivity contribution in [1.29, 1.82) is 0 Å². The van der Waals surface area contributed by atoms with Gasteiger partial charge in [0.15, 0.2) is 0 Å². The van der Waals surface area contributed by atoms with Gasteiger partial charge in [0.2, 0.25) is 0 Å². The number of phenols is 1. The highest BCUT2D eigenvalue weighted by Crippen LogP contribution is 2.29. The van der Waals surface area contributed by atoms with Gasteiger partial charge in [-0.15, -0.1) is 15.0 Å². The lowest BCUT2D eigenvalue weighted by Crippen LogP contribution is -2.03. The Morgan fingerprint density at radius 1 is 1.00 bits per heavy atom. The third-order valence-corrected chi connectivity index (χ3v) is 3.84. The van der Waals surface area contributed by atoms with E-state index < -0.39 is 0 Å². The Balaban J connectivity index is 2.15. The van der Waals surface area contributed by atoms with Gasteiger partial charge in [-0.3, -0.25) is 0 Å². The van der Waals surface area contributed by atoms with E-state index in [1.165, 1.54) is 16.9 Å². The molecule has 0 aliphatic carbocycles. The molecule has 0 aliphatic rings. The van der Waals surface area contributed by atoms with Crippen LogP contribution in [0.15, 0.2) is 30.3 Å². The summed E-state index contributed by atoms with van der Waals surface area (Å²) in [5.41, 5.74) is 3.68. The van der Waals surface area contributed by atoms with Crippen molar-refractivity contribution < 1.29 is 9.50 Å². The molecule has 5 heteroatoms. The van der Waals surface area contributed by atoms with Crippen LogP contribution in [0.5, 0.6) is 5.75 Å². The Bertz CT molecular complexity index is 842. The van der Waals surface area contributed by atoms with Gasteiger partial charge < -0.3 is 5.11 Å². The number of aromatic hydroxyl groups is 1. The van der Waals surface area contributed by atoms with Crippen LogP contribution in [0.3, 0.4) is 0 Å². The first kappa shape index (κ1) is 15.5. The summed E-state index contributed by atoms with van der Waals surface area (Å²) >= 11 is 0. The van der Waals surface area contributed by atoms with Crippen molar-refractivity contribution in [2.75, 3.05) is 0 Å². The normalized spacial score (nSPS) is 11.3. The second kappa shape index (κ2) is 6.36. The van der Waals surface area contributed by atoms with Crippen LogP contribution in [-0.4, -0.2) is 20.1 Å². The lowest BCUT2D eigenvalue weighted by Gasteiger charge is -2.11. The Morgan fingerprint density at radius 3 is 2.48 bits per heavy atom. The van der Waals surface area contributed by atoms with Gasteiger partial charge in [-0.05, 0) is 42.2 Å². The summed E-state index contributed by atoms with van der Waals surface area (Å²) in [6.07, 6.45) is 3.70. The van der Waals surface area contributed by atoms with Crippen molar-refractivity contribution in [1.82, 2.24) is 15.0 Å². The van der Waals surface area contributed by atoms with E-state index in [-0.39, 0.29) is 11.6 Å². The van der Waals surface area contributed by atoms with Gasteiger partial charge in [-0.2, -0.15) is 0 Å². The first-order chi connectivity index (χ1) is 11.1. The number of benzene rings is 2. The maximum absolute atomic E-state index is 13.3. The van der Waals surface area contributed by atoms with Crippen LogP contribution >= 0.6 is 0 Å². The summed E-state index contributed by atoms with van der Waals surface area (Å²) in [5, 5.41) is 19.2. The summed E-state index contributed by atoms with van der Waals surface area (Å²) < 4.78 is 13.3. The van der Waals surface area contributed by atoms with Crippen LogP contribution in [0, 0.1) is 5.82 Å². The first-order valence-corrected chi connectivity index (χ1v) is 8.00. The van der Waals surface area contributed by atoms with E-state index in [9.17, 15) is 9.50 Å². The monoisotopic (exact) mass is 313 g/mol. The van der Waals surface area contributed by atoms with Gasteiger partial charge in [0.25, 0.3) is 0 Å². The van der Waals surface area contributed by atoms with E-state index in [1.807, 2.05) is 6.07 Å². The van der Waals surface area contributed by atoms with Crippen LogP contribution in [0.4, 0.5) is 4.39 Å². The molecular weight excluding hydrogens is 293 g/mol. The van der Waals surface area contributed by atoms with E-state index in [0.29, 0.717) is 16.7 Å². The van der Waals surface area contributed by atoms with Crippen molar-refractivity contribution in [3.63, 3.8) is 0 Å². The minimum atomic E-state index is -0.347. The quantitative estimate of drug-likeness (QED) is 0.769. The van der Waals surface area contributed by atoms with Crippen molar-refractivity contribution in [2.45, 2.75) is 39.5 Å². The molecule has 0 aliphatic heterocycles. The fourth-order valence-electron chi connectivity index (χ4n) is 2.78. The molecule has 0 bridgehead atoms. The Kier molecular flexibility index (Phi) is 4.28. The van der Waals surface area contributed by atoms with Crippen molar-refractivity contribution in [2.24, 2.45) is 0 Å². The minimum Gasteiger partial charge on any atom is -0.505 e. The molecule has 0 unspecified atom stereocenters. The molecule has 0 saturated heterocycles. The molecule has 4 nitrogen and oxygen atoms in total. The zero-order valence-electron chi connectivity index (χ0n) is 13.4. The molecule has 0 atom stereocenters. The summed E-state index contributed by atoms with van der Waals surface area (Å²) in [7, 11) is 0. The smallest absolute Gasteiger partial charge is 0.146 e. The summed E-state index contributed by atoms with van der Waals surface area (Å²) in [5.74, 6) is -0.146. The Morgan fingerprint density at radius 2 is 1.74 bits per heavy atom. The van der Waals surface area contributed by atoms with Crippen molar-refractivity contribution in [3.05, 3.63) is 47.3 Å². The largest absolute Gasteiger partial charge is 0.505 e. The van der Waals surface area contributed by atoms with E-state index in [2.05, 4.69) is 30.1 Å². The van der Waals surface area contributed by atoms with Crippen LogP contribution in [0.1, 0.15) is 37.8 Å². The predicted octanol–water partition coefficient (Wildman–Crippen LogP) is 4.17. The standard InChI is InChI=1S/C18H20FN3O/c1-3-5-12-9-13(6-4-2)18(23)17(10-12)22-20-15-8-7-14(19)11-16(15)21-22/h7-11,23H,3-6H2,1-2H3. The molecule has 1 heterocycles. The number of hydrogen-bond acceptors (Lipinski definition) is 3. The molecule has 3 aromatic rings. The number of aromatic nitrogens is 3. The molecule has 0 amide bonds. The van der Waals surface area contributed by atoms with Crippen molar-refractivity contribution in [3.8, 4) is 11.4 Å². The fourth-order valence-corrected chi connectivity index (χ4v) is 2.78. The van der Waals surface area contributed by atoms with Gasteiger partial charge in [0.1, 0.15) is 28.3 Å². The molecular formula is C18H20FN3O. The lowest BCUT2D eigenvalue weighted by molar-refractivity contribution is 0.460. The second-order valence-electron chi connectivity index (χ2n) is 5.75. The number of nitrogens with zero attached hydrogens (tertiary/aromatic N) is 3. The van der Waals surface area contributed by atoms with Crippen LogP contribution in [-0.2, 0) is 12.8 Å². The Labute approximate surface area is 134 Å². The highest BCUT2D eigenvalue weighted by molar-refractivity contribution is 5.74. The zero-order chi connectivity index (χ0) is 16.4. The second-order valence-corrected chi connectivity index (χ2v) is 5.75. The molecule has 0 spiro atoms. The van der Waals surface area contributed by atoms with Crippen LogP contribution < -0.4 is 0 Å². The van der Waals surface area contributed by atoms with Crippen LogP contribution in [0.25, 0.3) is 16.7 Å².